The molecule has 1 aliphatic heterocycles. The summed E-state index contributed by atoms with van der Waals surface area (Å²) in [4.78, 5) is 2.58. The molecule has 0 aromatic carbocycles. The predicted molar refractivity (Wildman–Crippen MR) is 81.3 cm³/mol. The number of nitrogens with one attached hydrogen (secondary N) is 1. The summed E-state index contributed by atoms with van der Waals surface area (Å²) in [5.74, 6) is 0.773. The summed E-state index contributed by atoms with van der Waals surface area (Å²) in [7, 11) is 0. The Balaban J connectivity index is 1.63. The maximum atomic E-state index is 5.73. The van der Waals surface area contributed by atoms with Crippen molar-refractivity contribution < 1.29 is 9.47 Å². The van der Waals surface area contributed by atoms with Crippen LogP contribution in [-0.2, 0) is 9.47 Å². The van der Waals surface area contributed by atoms with E-state index in [9.17, 15) is 0 Å². The summed E-state index contributed by atoms with van der Waals surface area (Å²) in [6.07, 6.45) is 2.92. The first-order valence-electron chi connectivity index (χ1n) is 8.13. The lowest BCUT2D eigenvalue weighted by Gasteiger charge is -2.42. The molecule has 0 amide bonds. The Morgan fingerprint density at radius 3 is 2.86 bits per heavy atom. The third-order valence-electron chi connectivity index (χ3n) is 4.85. The van der Waals surface area contributed by atoms with Gasteiger partial charge in [0, 0.05) is 31.0 Å². The minimum absolute atomic E-state index is 0.351. The van der Waals surface area contributed by atoms with Crippen LogP contribution in [0.25, 0.3) is 0 Å². The third-order valence-corrected chi connectivity index (χ3v) is 4.85. The highest BCUT2D eigenvalue weighted by Gasteiger charge is 2.35. The van der Waals surface area contributed by atoms with Crippen molar-refractivity contribution in [1.29, 1.82) is 0 Å². The highest BCUT2D eigenvalue weighted by atomic mass is 16.5. The van der Waals surface area contributed by atoms with Gasteiger partial charge in [-0.3, -0.25) is 10.00 Å². The highest BCUT2D eigenvalue weighted by Crippen LogP contribution is 2.35. The first-order valence-corrected chi connectivity index (χ1v) is 8.13. The van der Waals surface area contributed by atoms with Crippen molar-refractivity contribution in [3.8, 4) is 0 Å². The van der Waals surface area contributed by atoms with Crippen LogP contribution in [0.4, 0.5) is 0 Å². The van der Waals surface area contributed by atoms with Crippen LogP contribution in [0.3, 0.4) is 0 Å². The SMILES string of the molecule is CCOC1CC(CN2CCOCC2c2c(C)n[nH]c2C)C1. The average Bonchev–Trinajstić information content (AvgIpc) is 2.77. The molecule has 1 unspecified atom stereocenters. The molecule has 0 bridgehead atoms. The Labute approximate surface area is 127 Å². The molecule has 1 N–H and O–H groups in total. The molecule has 1 saturated carbocycles. The second-order valence-electron chi connectivity index (χ2n) is 6.35. The van der Waals surface area contributed by atoms with Crippen LogP contribution in [0, 0.1) is 19.8 Å². The van der Waals surface area contributed by atoms with Crippen molar-refractivity contribution in [2.45, 2.75) is 45.8 Å². The number of rotatable bonds is 5. The van der Waals surface area contributed by atoms with E-state index in [0.29, 0.717) is 12.1 Å². The molecular weight excluding hydrogens is 266 g/mol. The zero-order chi connectivity index (χ0) is 14.8. The van der Waals surface area contributed by atoms with Gasteiger partial charge in [0.2, 0.25) is 0 Å². The van der Waals surface area contributed by atoms with Crippen molar-refractivity contribution in [2.24, 2.45) is 5.92 Å². The monoisotopic (exact) mass is 293 g/mol. The third kappa shape index (κ3) is 3.15. The van der Waals surface area contributed by atoms with E-state index in [1.807, 2.05) is 0 Å². The summed E-state index contributed by atoms with van der Waals surface area (Å²) < 4.78 is 11.4. The smallest absolute Gasteiger partial charge is 0.0665 e. The molecule has 2 heterocycles. The second kappa shape index (κ2) is 6.46. The molecule has 1 aromatic rings. The number of ether oxygens (including phenoxy) is 2. The maximum Gasteiger partial charge on any atom is 0.0665 e. The van der Waals surface area contributed by atoms with Crippen LogP contribution < -0.4 is 0 Å². The fraction of sp³-hybridized carbons (Fsp3) is 0.812. The molecule has 1 aromatic heterocycles. The molecule has 0 spiro atoms. The Morgan fingerprint density at radius 1 is 1.38 bits per heavy atom. The fourth-order valence-electron chi connectivity index (χ4n) is 3.70. The molecule has 2 fully saturated rings. The molecule has 21 heavy (non-hydrogen) atoms. The van der Waals surface area contributed by atoms with Crippen LogP contribution in [0.1, 0.15) is 42.8 Å². The van der Waals surface area contributed by atoms with Crippen LogP contribution >= 0.6 is 0 Å². The fourth-order valence-corrected chi connectivity index (χ4v) is 3.70. The minimum atomic E-state index is 0.351. The first kappa shape index (κ1) is 15.0. The first-order chi connectivity index (χ1) is 10.2. The van der Waals surface area contributed by atoms with E-state index in [1.54, 1.807) is 0 Å². The Morgan fingerprint density at radius 2 is 2.19 bits per heavy atom. The Bertz CT molecular complexity index is 449. The standard InChI is InChI=1S/C16H27N3O2/c1-4-21-14-7-13(8-14)9-19-5-6-20-10-15(19)16-11(2)17-18-12(16)3/h13-15H,4-10H2,1-3H3,(H,17,18). The van der Waals surface area contributed by atoms with Crippen molar-refractivity contribution in [1.82, 2.24) is 15.1 Å². The molecule has 1 saturated heterocycles. The zero-order valence-corrected chi connectivity index (χ0v) is 13.4. The van der Waals surface area contributed by atoms with Gasteiger partial charge in [0.25, 0.3) is 0 Å². The molecule has 0 radical (unpaired) electrons. The van der Waals surface area contributed by atoms with E-state index in [0.717, 1.165) is 44.5 Å². The van der Waals surface area contributed by atoms with Crippen LogP contribution in [0.2, 0.25) is 0 Å². The molecule has 3 rings (SSSR count). The minimum Gasteiger partial charge on any atom is -0.378 e. The number of aromatic nitrogens is 2. The number of H-pyrrole nitrogens is 1. The van der Waals surface area contributed by atoms with Crippen molar-refractivity contribution in [3.05, 3.63) is 17.0 Å². The van der Waals surface area contributed by atoms with Gasteiger partial charge in [-0.1, -0.05) is 0 Å². The number of aryl methyl sites for hydroxylation is 2. The van der Waals surface area contributed by atoms with Gasteiger partial charge >= 0.3 is 0 Å². The summed E-state index contributed by atoms with van der Waals surface area (Å²) in [6.45, 7) is 10.9. The van der Waals surface area contributed by atoms with E-state index in [1.165, 1.54) is 24.1 Å². The average molecular weight is 293 g/mol. The lowest BCUT2D eigenvalue weighted by atomic mass is 9.81. The van der Waals surface area contributed by atoms with E-state index in [-0.39, 0.29) is 0 Å². The van der Waals surface area contributed by atoms with E-state index >= 15 is 0 Å². The zero-order valence-electron chi connectivity index (χ0n) is 13.4. The quantitative estimate of drug-likeness (QED) is 0.904. The van der Waals surface area contributed by atoms with E-state index in [4.69, 9.17) is 9.47 Å². The van der Waals surface area contributed by atoms with Crippen LogP contribution in [0.15, 0.2) is 0 Å². The van der Waals surface area contributed by atoms with Crippen molar-refractivity contribution in [3.63, 3.8) is 0 Å². The lowest BCUT2D eigenvalue weighted by molar-refractivity contribution is -0.0599. The van der Waals surface area contributed by atoms with Gasteiger partial charge in [0.05, 0.1) is 31.1 Å². The van der Waals surface area contributed by atoms with Crippen molar-refractivity contribution in [2.75, 3.05) is 32.9 Å². The van der Waals surface area contributed by atoms with Crippen LogP contribution in [-0.4, -0.2) is 54.1 Å². The van der Waals surface area contributed by atoms with Gasteiger partial charge in [-0.05, 0) is 39.5 Å². The number of hydrogen-bond donors (Lipinski definition) is 1. The predicted octanol–water partition coefficient (Wildman–Crippen LogP) is 2.21. The van der Waals surface area contributed by atoms with Gasteiger partial charge in [0.1, 0.15) is 0 Å². The molecule has 5 nitrogen and oxygen atoms in total. The second-order valence-corrected chi connectivity index (χ2v) is 6.35. The molecule has 5 heteroatoms. The van der Waals surface area contributed by atoms with Crippen LogP contribution in [0.5, 0.6) is 0 Å². The van der Waals surface area contributed by atoms with Gasteiger partial charge in [-0.15, -0.1) is 0 Å². The molecule has 118 valence electrons. The summed E-state index contributed by atoms with van der Waals surface area (Å²) in [6, 6.07) is 0.351. The van der Waals surface area contributed by atoms with Crippen molar-refractivity contribution >= 4 is 0 Å². The van der Waals surface area contributed by atoms with Gasteiger partial charge in [-0.25, -0.2) is 0 Å². The number of morpholine rings is 1. The number of nitrogens with zero attached hydrogens (tertiary/aromatic N) is 2. The lowest BCUT2D eigenvalue weighted by Crippen LogP contribution is -2.46. The highest BCUT2D eigenvalue weighted by molar-refractivity contribution is 5.27. The summed E-state index contributed by atoms with van der Waals surface area (Å²) in [5.41, 5.74) is 3.61. The van der Waals surface area contributed by atoms with E-state index < -0.39 is 0 Å². The number of aromatic amines is 1. The molecule has 1 aliphatic carbocycles. The van der Waals surface area contributed by atoms with E-state index in [2.05, 4.69) is 35.9 Å². The Kier molecular flexibility index (Phi) is 4.62. The van der Waals surface area contributed by atoms with Gasteiger partial charge < -0.3 is 9.47 Å². The van der Waals surface area contributed by atoms with Gasteiger partial charge in [-0.2, -0.15) is 5.10 Å². The topological polar surface area (TPSA) is 50.4 Å². The normalized spacial score (nSPS) is 30.3. The maximum absolute atomic E-state index is 5.73. The number of hydrogen-bond acceptors (Lipinski definition) is 4. The summed E-state index contributed by atoms with van der Waals surface area (Å²) in [5, 5.41) is 7.46. The molecular formula is C16H27N3O2. The molecule has 2 aliphatic rings. The Hall–Kier alpha value is -0.910. The largest absolute Gasteiger partial charge is 0.378 e. The summed E-state index contributed by atoms with van der Waals surface area (Å²) >= 11 is 0. The van der Waals surface area contributed by atoms with Gasteiger partial charge in [0.15, 0.2) is 0 Å². The molecule has 1 atom stereocenters.